The number of amides is 8. The van der Waals surface area contributed by atoms with Crippen LogP contribution in [0.25, 0.3) is 0 Å². The van der Waals surface area contributed by atoms with Crippen molar-refractivity contribution in [2.75, 3.05) is 19.8 Å². The van der Waals surface area contributed by atoms with Gasteiger partial charge in [-0.2, -0.15) is 0 Å². The summed E-state index contributed by atoms with van der Waals surface area (Å²) >= 11 is 0. The molecule has 0 aliphatic carbocycles. The number of aliphatic hydroxyl groups excluding tert-OH is 3. The Kier molecular flexibility index (Phi) is 23.9. The van der Waals surface area contributed by atoms with Gasteiger partial charge in [0, 0.05) is 12.8 Å². The molecular weight excluding hydrogens is 814 g/mol. The Balaban J connectivity index is 3.29. The molecule has 0 spiro atoms. The fourth-order valence-corrected chi connectivity index (χ4v) is 5.90. The topological polar surface area (TPSA) is 371 Å². The average Bonchev–Trinajstić information content (AvgIpc) is 3.20. The Bertz CT molecular complexity index is 1680. The summed E-state index contributed by atoms with van der Waals surface area (Å²) in [6, 6.07) is -2.89. The SMILES string of the molecule is CC(C)C[C@H](NC(=O)[C@H](CO)NC(=O)[C@H](CO)NC(=O)[C@@H](N)CO)C(=O)N[C@@H](CCC(N)=O)C(=O)N[C@@H](CC(C)C)C(=O)N[C@H](C(=O)N[C@@H](Cc1ccccc1)C(=O)O)C(C)C. The Hall–Kier alpha value is -5.71. The summed E-state index contributed by atoms with van der Waals surface area (Å²) in [7, 11) is 0. The highest BCUT2D eigenvalue weighted by Crippen LogP contribution is 2.12. The van der Waals surface area contributed by atoms with Crippen LogP contribution in [0.4, 0.5) is 0 Å². The zero-order chi connectivity index (χ0) is 47.3. The van der Waals surface area contributed by atoms with E-state index >= 15 is 0 Å². The number of benzene rings is 1. The summed E-state index contributed by atoms with van der Waals surface area (Å²) in [5, 5.41) is 55.3. The highest BCUT2D eigenvalue weighted by atomic mass is 16.4. The smallest absolute Gasteiger partial charge is 0.326 e. The Morgan fingerprint density at radius 3 is 1.35 bits per heavy atom. The number of aliphatic carboxylic acids is 1. The van der Waals surface area contributed by atoms with E-state index < -0.39 is 134 Å². The maximum atomic E-state index is 13.9. The summed E-state index contributed by atoms with van der Waals surface area (Å²) in [4.78, 5) is 117. The Morgan fingerprint density at radius 1 is 0.532 bits per heavy atom. The lowest BCUT2D eigenvalue weighted by atomic mass is 9.98. The molecular formula is C40H65N9O13. The summed E-state index contributed by atoms with van der Waals surface area (Å²) in [5.74, 6) is -9.70. The van der Waals surface area contributed by atoms with Gasteiger partial charge in [0.2, 0.25) is 47.3 Å². The van der Waals surface area contributed by atoms with E-state index in [1.54, 1.807) is 71.9 Å². The minimum atomic E-state index is -1.71. The zero-order valence-corrected chi connectivity index (χ0v) is 36.0. The lowest BCUT2D eigenvalue weighted by Gasteiger charge is -2.29. The second-order valence-corrected chi connectivity index (χ2v) is 16.0. The van der Waals surface area contributed by atoms with E-state index in [1.807, 2.05) is 0 Å². The van der Waals surface area contributed by atoms with Gasteiger partial charge in [0.15, 0.2) is 0 Å². The number of rotatable bonds is 28. The second kappa shape index (κ2) is 27.3. The number of nitrogens with two attached hydrogens (primary N) is 2. The van der Waals surface area contributed by atoms with Crippen molar-refractivity contribution >= 4 is 53.2 Å². The number of hydrogen-bond acceptors (Lipinski definition) is 13. The largest absolute Gasteiger partial charge is 0.480 e. The summed E-state index contributed by atoms with van der Waals surface area (Å²) in [6.45, 7) is 7.52. The van der Waals surface area contributed by atoms with Crippen molar-refractivity contribution in [3.05, 3.63) is 35.9 Å². The van der Waals surface area contributed by atoms with Gasteiger partial charge in [-0.1, -0.05) is 71.9 Å². The molecule has 0 aliphatic rings. The van der Waals surface area contributed by atoms with Crippen LogP contribution >= 0.6 is 0 Å². The maximum Gasteiger partial charge on any atom is 0.326 e. The van der Waals surface area contributed by atoms with E-state index in [0.717, 1.165) is 0 Å². The third-order valence-corrected chi connectivity index (χ3v) is 9.30. The summed E-state index contributed by atoms with van der Waals surface area (Å²) in [5.41, 5.74) is 11.4. The van der Waals surface area contributed by atoms with Gasteiger partial charge in [0.25, 0.3) is 0 Å². The van der Waals surface area contributed by atoms with Crippen molar-refractivity contribution in [2.24, 2.45) is 29.2 Å². The molecule has 22 heteroatoms. The van der Waals surface area contributed by atoms with Crippen LogP contribution in [0.15, 0.2) is 30.3 Å². The van der Waals surface area contributed by atoms with Crippen molar-refractivity contribution in [3.8, 4) is 0 Å². The molecule has 8 atom stereocenters. The Morgan fingerprint density at radius 2 is 0.935 bits per heavy atom. The molecule has 0 unspecified atom stereocenters. The first-order valence-electron chi connectivity index (χ1n) is 20.3. The van der Waals surface area contributed by atoms with E-state index in [-0.39, 0.29) is 37.5 Å². The average molecular weight is 880 g/mol. The standard InChI is InChI=1S/C40H65N9O13/c1-20(2)14-26(45-37(58)30(19-52)48-38(59)29(18-51)47-33(54)24(41)17-50)35(56)43-25(12-13-31(42)53)34(55)44-27(15-21(3)4)36(57)49-32(22(5)6)39(60)46-28(40(61)62)16-23-10-8-7-9-11-23/h7-11,20-22,24-30,32,50-52H,12-19,41H2,1-6H3,(H2,42,53)(H,43,56)(H,44,55)(H,45,58)(H,46,60)(H,47,54)(H,48,59)(H,49,57)(H,61,62)/t24-,25-,26-,27-,28-,29-,30-,32-/m0/s1. The molecule has 0 heterocycles. The number of carbonyl (C=O) groups excluding carboxylic acids is 8. The molecule has 1 rings (SSSR count). The molecule has 348 valence electrons. The Labute approximate surface area is 360 Å². The first kappa shape index (κ1) is 54.3. The van der Waals surface area contributed by atoms with E-state index in [9.17, 15) is 58.5 Å². The van der Waals surface area contributed by atoms with Crippen LogP contribution in [0.1, 0.15) is 72.8 Å². The van der Waals surface area contributed by atoms with E-state index in [2.05, 4.69) is 37.2 Å². The molecule has 1 aromatic rings. The predicted octanol–water partition coefficient (Wildman–Crippen LogP) is -3.97. The van der Waals surface area contributed by atoms with Crippen LogP contribution in [-0.2, 0) is 49.6 Å². The van der Waals surface area contributed by atoms with Gasteiger partial charge in [-0.05, 0) is 42.6 Å². The first-order chi connectivity index (χ1) is 29.0. The number of carboxylic acid groups (broad SMARTS) is 1. The zero-order valence-electron chi connectivity index (χ0n) is 36.0. The summed E-state index contributed by atoms with van der Waals surface area (Å²) in [6.07, 6.45) is -0.757. The van der Waals surface area contributed by atoms with Crippen molar-refractivity contribution in [1.29, 1.82) is 0 Å². The molecule has 0 bridgehead atoms. The van der Waals surface area contributed by atoms with Crippen LogP contribution < -0.4 is 48.7 Å². The van der Waals surface area contributed by atoms with Crippen LogP contribution in [0.3, 0.4) is 0 Å². The molecule has 22 nitrogen and oxygen atoms in total. The first-order valence-corrected chi connectivity index (χ1v) is 20.3. The molecule has 15 N–H and O–H groups in total. The van der Waals surface area contributed by atoms with Gasteiger partial charge in [0.1, 0.15) is 48.3 Å². The molecule has 0 aliphatic heterocycles. The normalized spacial score (nSPS) is 15.1. The molecule has 0 radical (unpaired) electrons. The summed E-state index contributed by atoms with van der Waals surface area (Å²) < 4.78 is 0. The van der Waals surface area contributed by atoms with Crippen LogP contribution in [0.5, 0.6) is 0 Å². The number of aliphatic hydroxyl groups is 3. The fourth-order valence-electron chi connectivity index (χ4n) is 5.90. The third kappa shape index (κ3) is 19.3. The molecule has 1 aromatic carbocycles. The maximum absolute atomic E-state index is 13.9. The molecule has 8 amide bonds. The number of primary amides is 1. The fraction of sp³-hybridized carbons (Fsp3) is 0.625. The molecule has 0 saturated heterocycles. The van der Waals surface area contributed by atoms with Gasteiger partial charge in [-0.25, -0.2) is 4.79 Å². The number of carbonyl (C=O) groups is 9. The number of carboxylic acids is 1. The van der Waals surface area contributed by atoms with Gasteiger partial charge >= 0.3 is 5.97 Å². The lowest BCUT2D eigenvalue weighted by molar-refractivity contribution is -0.142. The molecule has 0 aromatic heterocycles. The van der Waals surface area contributed by atoms with E-state index in [1.165, 1.54) is 0 Å². The van der Waals surface area contributed by atoms with E-state index in [0.29, 0.717) is 5.56 Å². The van der Waals surface area contributed by atoms with Crippen molar-refractivity contribution in [3.63, 3.8) is 0 Å². The number of nitrogens with one attached hydrogen (secondary N) is 7. The van der Waals surface area contributed by atoms with Gasteiger partial charge < -0.3 is 69.1 Å². The molecule has 62 heavy (non-hydrogen) atoms. The highest BCUT2D eigenvalue weighted by molar-refractivity contribution is 5.97. The number of hydrogen-bond donors (Lipinski definition) is 13. The van der Waals surface area contributed by atoms with E-state index in [4.69, 9.17) is 16.6 Å². The lowest BCUT2D eigenvalue weighted by Crippen LogP contribution is -2.61. The van der Waals surface area contributed by atoms with Crippen LogP contribution in [0.2, 0.25) is 0 Å². The minimum Gasteiger partial charge on any atom is -0.480 e. The highest BCUT2D eigenvalue weighted by Gasteiger charge is 2.35. The van der Waals surface area contributed by atoms with Crippen LogP contribution in [-0.4, -0.2) is 142 Å². The van der Waals surface area contributed by atoms with Gasteiger partial charge in [-0.15, -0.1) is 0 Å². The van der Waals surface area contributed by atoms with Crippen molar-refractivity contribution in [2.45, 2.75) is 122 Å². The van der Waals surface area contributed by atoms with Crippen molar-refractivity contribution < 1.29 is 63.6 Å². The third-order valence-electron chi connectivity index (χ3n) is 9.30. The van der Waals surface area contributed by atoms with Gasteiger partial charge in [0.05, 0.1) is 19.8 Å². The van der Waals surface area contributed by atoms with Gasteiger partial charge in [-0.3, -0.25) is 38.4 Å². The van der Waals surface area contributed by atoms with Crippen molar-refractivity contribution in [1.82, 2.24) is 37.2 Å². The van der Waals surface area contributed by atoms with Crippen LogP contribution in [0, 0.1) is 17.8 Å². The second-order valence-electron chi connectivity index (χ2n) is 16.0. The monoisotopic (exact) mass is 879 g/mol. The minimum absolute atomic E-state index is 0.0278. The quantitative estimate of drug-likeness (QED) is 0.0382. The molecule has 0 fully saturated rings. The predicted molar refractivity (Wildman–Crippen MR) is 223 cm³/mol. The molecule has 0 saturated carbocycles.